The summed E-state index contributed by atoms with van der Waals surface area (Å²) >= 11 is 5.19. The molecule has 0 aliphatic rings. The molecule has 0 heterocycles. The Bertz CT molecular complexity index is 937. The highest BCUT2D eigenvalue weighted by atomic mass is 35.5. The number of halogens is 1. The van der Waals surface area contributed by atoms with Crippen LogP contribution in [0.1, 0.15) is 21.5 Å². The van der Waals surface area contributed by atoms with Crippen LogP contribution in [-0.2, 0) is 22.7 Å². The van der Waals surface area contributed by atoms with Crippen LogP contribution in [0.25, 0.3) is 0 Å². The third kappa shape index (κ3) is 7.08. The SMILES string of the molecule is C#CCNC(=O)c1ccc(NC(=O)OCc2ccc(O)cc2)c(COC(=O)Cl)c1. The Hall–Kier alpha value is -3.70. The number of anilines is 1. The van der Waals surface area contributed by atoms with Crippen LogP contribution >= 0.6 is 11.6 Å². The van der Waals surface area contributed by atoms with Crippen molar-refractivity contribution >= 4 is 34.7 Å². The first-order valence-corrected chi connectivity index (χ1v) is 8.65. The van der Waals surface area contributed by atoms with Crippen molar-refractivity contribution < 1.29 is 29.0 Å². The summed E-state index contributed by atoms with van der Waals surface area (Å²) in [5.74, 6) is 1.96. The lowest BCUT2D eigenvalue weighted by molar-refractivity contribution is 0.0958. The normalized spacial score (nSPS) is 9.79. The first-order chi connectivity index (χ1) is 13.9. The number of hydrogen-bond donors (Lipinski definition) is 3. The summed E-state index contributed by atoms with van der Waals surface area (Å²) in [6.07, 6.45) is 4.35. The van der Waals surface area contributed by atoms with Crippen LogP contribution < -0.4 is 10.6 Å². The van der Waals surface area contributed by atoms with Gasteiger partial charge in [-0.05, 0) is 35.9 Å². The van der Waals surface area contributed by atoms with Gasteiger partial charge in [0.1, 0.15) is 19.0 Å². The zero-order valence-corrected chi connectivity index (χ0v) is 15.9. The van der Waals surface area contributed by atoms with E-state index in [0.717, 1.165) is 0 Å². The van der Waals surface area contributed by atoms with Crippen molar-refractivity contribution in [3.05, 3.63) is 59.2 Å². The number of benzene rings is 2. The van der Waals surface area contributed by atoms with E-state index in [4.69, 9.17) is 27.5 Å². The predicted octanol–water partition coefficient (Wildman–Crippen LogP) is 3.38. The number of phenolic OH excluding ortho intramolecular Hbond substituents is 1. The maximum Gasteiger partial charge on any atom is 0.411 e. The fourth-order valence-electron chi connectivity index (χ4n) is 2.23. The topological polar surface area (TPSA) is 114 Å². The van der Waals surface area contributed by atoms with E-state index in [1.54, 1.807) is 12.1 Å². The van der Waals surface area contributed by atoms with E-state index in [2.05, 4.69) is 16.6 Å². The van der Waals surface area contributed by atoms with Gasteiger partial charge in [0.15, 0.2) is 0 Å². The van der Waals surface area contributed by atoms with Gasteiger partial charge in [-0.2, -0.15) is 0 Å². The molecule has 0 saturated carbocycles. The summed E-state index contributed by atoms with van der Waals surface area (Å²) in [7, 11) is 0. The molecular weight excluding hydrogens is 400 g/mol. The lowest BCUT2D eigenvalue weighted by Crippen LogP contribution is -2.24. The summed E-state index contributed by atoms with van der Waals surface area (Å²) in [6, 6.07) is 10.5. The van der Waals surface area contributed by atoms with E-state index in [-0.39, 0.29) is 36.8 Å². The van der Waals surface area contributed by atoms with Crippen molar-refractivity contribution in [3.63, 3.8) is 0 Å². The Morgan fingerprint density at radius 1 is 1.07 bits per heavy atom. The molecule has 8 nitrogen and oxygen atoms in total. The molecule has 2 amide bonds. The largest absolute Gasteiger partial charge is 0.508 e. The van der Waals surface area contributed by atoms with Crippen molar-refractivity contribution in [3.8, 4) is 18.1 Å². The average Bonchev–Trinajstić information content (AvgIpc) is 2.70. The molecule has 0 radical (unpaired) electrons. The molecule has 3 N–H and O–H groups in total. The number of carbonyl (C=O) groups excluding carboxylic acids is 3. The van der Waals surface area contributed by atoms with E-state index >= 15 is 0 Å². The highest BCUT2D eigenvalue weighted by molar-refractivity contribution is 6.61. The monoisotopic (exact) mass is 416 g/mol. The molecule has 0 fully saturated rings. The van der Waals surface area contributed by atoms with Gasteiger partial charge < -0.3 is 19.9 Å². The molecule has 2 aromatic carbocycles. The van der Waals surface area contributed by atoms with Crippen LogP contribution in [0.2, 0.25) is 0 Å². The minimum absolute atomic E-state index is 0.0231. The summed E-state index contributed by atoms with van der Waals surface area (Å²) in [5.41, 5.74) is 0.493. The maximum atomic E-state index is 12.1. The van der Waals surface area contributed by atoms with Gasteiger partial charge in [-0.15, -0.1) is 6.42 Å². The number of hydrogen-bond acceptors (Lipinski definition) is 6. The first-order valence-electron chi connectivity index (χ1n) is 8.27. The maximum absolute atomic E-state index is 12.1. The Kier molecular flexibility index (Phi) is 7.88. The van der Waals surface area contributed by atoms with Crippen LogP contribution in [0, 0.1) is 12.3 Å². The first kappa shape index (κ1) is 21.6. The zero-order chi connectivity index (χ0) is 21.2. The fraction of sp³-hybridized carbons (Fsp3) is 0.150. The highest BCUT2D eigenvalue weighted by Gasteiger charge is 2.13. The van der Waals surface area contributed by atoms with Gasteiger partial charge in [-0.25, -0.2) is 9.59 Å². The second-order valence-electron chi connectivity index (χ2n) is 5.65. The summed E-state index contributed by atoms with van der Waals surface area (Å²) in [4.78, 5) is 35.0. The predicted molar refractivity (Wildman–Crippen MR) is 106 cm³/mol. The van der Waals surface area contributed by atoms with Crippen LogP contribution in [0.3, 0.4) is 0 Å². The average molecular weight is 417 g/mol. The van der Waals surface area contributed by atoms with Gasteiger partial charge in [0, 0.05) is 22.7 Å². The molecule has 9 heteroatoms. The number of ether oxygens (including phenoxy) is 2. The smallest absolute Gasteiger partial charge is 0.411 e. The number of nitrogens with one attached hydrogen (secondary N) is 2. The van der Waals surface area contributed by atoms with E-state index in [0.29, 0.717) is 11.1 Å². The highest BCUT2D eigenvalue weighted by Crippen LogP contribution is 2.20. The minimum Gasteiger partial charge on any atom is -0.508 e. The Balaban J connectivity index is 2.08. The number of rotatable bonds is 7. The van der Waals surface area contributed by atoms with Crippen molar-refractivity contribution in [2.45, 2.75) is 13.2 Å². The van der Waals surface area contributed by atoms with E-state index in [1.165, 1.54) is 30.3 Å². The lowest BCUT2D eigenvalue weighted by atomic mass is 10.1. The van der Waals surface area contributed by atoms with Crippen molar-refractivity contribution in [1.82, 2.24) is 5.32 Å². The van der Waals surface area contributed by atoms with Crippen molar-refractivity contribution in [2.24, 2.45) is 0 Å². The molecule has 0 unspecified atom stereocenters. The molecule has 0 bridgehead atoms. The van der Waals surface area contributed by atoms with Gasteiger partial charge in [0.2, 0.25) is 0 Å². The van der Waals surface area contributed by atoms with Crippen LogP contribution in [-0.4, -0.2) is 29.1 Å². The molecule has 2 aromatic rings. The molecule has 0 saturated heterocycles. The Labute approximate surface area is 171 Å². The number of carbonyl (C=O) groups is 3. The number of aromatic hydroxyl groups is 1. The van der Waals surface area contributed by atoms with Gasteiger partial charge in [0.25, 0.3) is 5.91 Å². The van der Waals surface area contributed by atoms with Crippen LogP contribution in [0.4, 0.5) is 15.3 Å². The lowest BCUT2D eigenvalue weighted by Gasteiger charge is -2.13. The summed E-state index contributed by atoms with van der Waals surface area (Å²) < 4.78 is 9.87. The Morgan fingerprint density at radius 2 is 1.79 bits per heavy atom. The molecule has 0 aromatic heterocycles. The number of phenols is 1. The second-order valence-corrected chi connectivity index (χ2v) is 5.96. The zero-order valence-electron chi connectivity index (χ0n) is 15.1. The molecule has 150 valence electrons. The minimum atomic E-state index is -1.03. The fourth-order valence-corrected chi connectivity index (χ4v) is 2.29. The standard InChI is InChI=1S/C20H17ClN2O6/c1-2-9-22-18(25)14-5-8-17(15(10-14)12-28-19(21)26)23-20(27)29-11-13-3-6-16(24)7-4-13/h1,3-8,10,24H,9,11-12H2,(H,22,25)(H,23,27). The third-order valence-electron chi connectivity index (χ3n) is 3.60. The molecule has 0 spiro atoms. The van der Waals surface area contributed by atoms with Crippen molar-refractivity contribution in [1.29, 1.82) is 0 Å². The van der Waals surface area contributed by atoms with E-state index < -0.39 is 17.4 Å². The molecule has 29 heavy (non-hydrogen) atoms. The van der Waals surface area contributed by atoms with Crippen LogP contribution in [0.15, 0.2) is 42.5 Å². The van der Waals surface area contributed by atoms with Crippen LogP contribution in [0.5, 0.6) is 5.75 Å². The van der Waals surface area contributed by atoms with Gasteiger partial charge in [-0.3, -0.25) is 10.1 Å². The molecule has 2 rings (SSSR count). The van der Waals surface area contributed by atoms with Gasteiger partial charge in [-0.1, -0.05) is 18.1 Å². The molecule has 0 atom stereocenters. The molecule has 0 aliphatic heterocycles. The van der Waals surface area contributed by atoms with Gasteiger partial charge in [0.05, 0.1) is 12.2 Å². The molecule has 0 aliphatic carbocycles. The molecular formula is C20H17ClN2O6. The van der Waals surface area contributed by atoms with E-state index in [9.17, 15) is 19.5 Å². The van der Waals surface area contributed by atoms with Gasteiger partial charge >= 0.3 is 11.5 Å². The Morgan fingerprint density at radius 3 is 2.45 bits per heavy atom. The number of terminal acetylenes is 1. The quantitative estimate of drug-likeness (QED) is 0.471. The second kappa shape index (κ2) is 10.6. The van der Waals surface area contributed by atoms with E-state index in [1.807, 2.05) is 0 Å². The number of amides is 2. The van der Waals surface area contributed by atoms with Crippen molar-refractivity contribution in [2.75, 3.05) is 11.9 Å². The summed E-state index contributed by atoms with van der Waals surface area (Å²) in [5, 5.41) is 14.3. The summed E-state index contributed by atoms with van der Waals surface area (Å²) in [6.45, 7) is -0.245. The third-order valence-corrected chi connectivity index (χ3v) is 3.71.